The average molecular weight is 255 g/mol. The third kappa shape index (κ3) is 2.82. The molecular formula is C14H22FNO2. The quantitative estimate of drug-likeness (QED) is 0.820. The number of hydrogen-bond acceptors (Lipinski definition) is 3. The lowest BCUT2D eigenvalue weighted by Crippen LogP contribution is -2.37. The molecule has 0 heterocycles. The van der Waals surface area contributed by atoms with E-state index in [4.69, 9.17) is 10.5 Å². The van der Waals surface area contributed by atoms with Crippen molar-refractivity contribution in [1.29, 1.82) is 0 Å². The molecule has 4 heteroatoms. The number of hydrogen-bond donors (Lipinski definition) is 2. The van der Waals surface area contributed by atoms with Crippen molar-refractivity contribution in [2.45, 2.75) is 32.3 Å². The first kappa shape index (κ1) is 14.9. The highest BCUT2D eigenvalue weighted by molar-refractivity contribution is 5.39. The topological polar surface area (TPSA) is 55.5 Å². The van der Waals surface area contributed by atoms with Crippen molar-refractivity contribution in [2.75, 3.05) is 13.7 Å². The summed E-state index contributed by atoms with van der Waals surface area (Å²) in [7, 11) is 1.46. The van der Waals surface area contributed by atoms with Gasteiger partial charge in [0.2, 0.25) is 0 Å². The van der Waals surface area contributed by atoms with Crippen LogP contribution in [0.3, 0.4) is 0 Å². The van der Waals surface area contributed by atoms with Crippen LogP contribution >= 0.6 is 0 Å². The summed E-state index contributed by atoms with van der Waals surface area (Å²) in [5, 5.41) is 10.7. The van der Waals surface area contributed by atoms with E-state index in [-0.39, 0.29) is 11.5 Å². The molecule has 2 unspecified atom stereocenters. The monoisotopic (exact) mass is 255 g/mol. The molecule has 0 aliphatic rings. The maximum Gasteiger partial charge on any atom is 0.133 e. The first-order valence-electron chi connectivity index (χ1n) is 6.24. The van der Waals surface area contributed by atoms with Gasteiger partial charge < -0.3 is 15.6 Å². The molecule has 1 aromatic carbocycles. The number of nitrogens with two attached hydrogens (primary N) is 1. The number of halogens is 1. The summed E-state index contributed by atoms with van der Waals surface area (Å²) < 4.78 is 19.1. The van der Waals surface area contributed by atoms with Gasteiger partial charge in [-0.1, -0.05) is 19.4 Å². The van der Waals surface area contributed by atoms with Gasteiger partial charge >= 0.3 is 0 Å². The number of rotatable bonds is 6. The smallest absolute Gasteiger partial charge is 0.133 e. The van der Waals surface area contributed by atoms with Gasteiger partial charge in [0.05, 0.1) is 18.3 Å². The summed E-state index contributed by atoms with van der Waals surface area (Å²) in [5.41, 5.74) is 4.56. The molecule has 1 aromatic rings. The maximum atomic E-state index is 14.0. The Bertz CT molecular complexity index is 393. The largest absolute Gasteiger partial charge is 0.496 e. The number of benzene rings is 1. The molecule has 0 aliphatic heterocycles. The lowest BCUT2D eigenvalue weighted by atomic mass is 9.79. The SMILES string of the molecule is CCCC(CN)C(C)(O)c1c(F)cccc1OC. The molecule has 18 heavy (non-hydrogen) atoms. The predicted molar refractivity (Wildman–Crippen MR) is 70.0 cm³/mol. The second-order valence-corrected chi connectivity index (χ2v) is 4.69. The molecule has 0 aliphatic carbocycles. The summed E-state index contributed by atoms with van der Waals surface area (Å²) in [6.45, 7) is 3.91. The highest BCUT2D eigenvalue weighted by atomic mass is 19.1. The van der Waals surface area contributed by atoms with Crippen molar-refractivity contribution >= 4 is 0 Å². The molecule has 0 saturated carbocycles. The molecule has 1 rings (SSSR count). The van der Waals surface area contributed by atoms with Crippen LogP contribution in [0.5, 0.6) is 5.75 Å². The molecule has 0 radical (unpaired) electrons. The van der Waals surface area contributed by atoms with Crippen molar-refractivity contribution in [2.24, 2.45) is 11.7 Å². The number of ether oxygens (including phenoxy) is 1. The molecule has 0 amide bonds. The lowest BCUT2D eigenvalue weighted by molar-refractivity contribution is -0.0113. The molecule has 0 bridgehead atoms. The van der Waals surface area contributed by atoms with Gasteiger partial charge in [0.1, 0.15) is 11.6 Å². The van der Waals surface area contributed by atoms with E-state index in [2.05, 4.69) is 0 Å². The fraction of sp³-hybridized carbons (Fsp3) is 0.571. The van der Waals surface area contributed by atoms with Crippen LogP contribution in [-0.2, 0) is 5.60 Å². The average Bonchev–Trinajstić information content (AvgIpc) is 2.34. The highest BCUT2D eigenvalue weighted by Gasteiger charge is 2.37. The van der Waals surface area contributed by atoms with E-state index in [1.165, 1.54) is 13.2 Å². The van der Waals surface area contributed by atoms with Crippen LogP contribution in [0, 0.1) is 11.7 Å². The minimum Gasteiger partial charge on any atom is -0.496 e. The molecule has 102 valence electrons. The van der Waals surface area contributed by atoms with E-state index in [0.717, 1.165) is 12.8 Å². The van der Waals surface area contributed by atoms with Crippen LogP contribution in [-0.4, -0.2) is 18.8 Å². The van der Waals surface area contributed by atoms with E-state index in [9.17, 15) is 9.50 Å². The van der Waals surface area contributed by atoms with Crippen molar-refractivity contribution in [3.05, 3.63) is 29.6 Å². The summed E-state index contributed by atoms with van der Waals surface area (Å²) in [6.07, 6.45) is 1.62. The minimum absolute atomic E-state index is 0.191. The van der Waals surface area contributed by atoms with Gasteiger partial charge in [0.15, 0.2) is 0 Å². The normalized spacial score (nSPS) is 16.1. The van der Waals surface area contributed by atoms with Crippen molar-refractivity contribution in [1.82, 2.24) is 0 Å². The Morgan fingerprint density at radius 3 is 2.67 bits per heavy atom. The van der Waals surface area contributed by atoms with Crippen LogP contribution in [0.2, 0.25) is 0 Å². The van der Waals surface area contributed by atoms with E-state index in [1.807, 2.05) is 6.92 Å². The zero-order valence-electron chi connectivity index (χ0n) is 11.2. The van der Waals surface area contributed by atoms with Crippen LogP contribution in [0.1, 0.15) is 32.3 Å². The standard InChI is InChI=1S/C14H22FNO2/c1-4-6-10(9-16)14(2,17)13-11(15)7-5-8-12(13)18-3/h5,7-8,10,17H,4,6,9,16H2,1-3H3. The maximum absolute atomic E-state index is 14.0. The summed E-state index contributed by atoms with van der Waals surface area (Å²) >= 11 is 0. The zero-order valence-corrected chi connectivity index (χ0v) is 11.2. The van der Waals surface area contributed by atoms with Crippen LogP contribution in [0.25, 0.3) is 0 Å². The molecule has 0 saturated heterocycles. The molecule has 3 nitrogen and oxygen atoms in total. The fourth-order valence-corrected chi connectivity index (χ4v) is 2.35. The van der Waals surface area contributed by atoms with Gasteiger partial charge in [-0.05, 0) is 32.0 Å². The van der Waals surface area contributed by atoms with Crippen molar-refractivity contribution in [3.63, 3.8) is 0 Å². The Hall–Kier alpha value is -1.13. The van der Waals surface area contributed by atoms with Gasteiger partial charge in [0.25, 0.3) is 0 Å². The Balaban J connectivity index is 3.25. The Labute approximate surface area is 108 Å². The Morgan fingerprint density at radius 1 is 1.50 bits per heavy atom. The lowest BCUT2D eigenvalue weighted by Gasteiger charge is -2.33. The summed E-state index contributed by atoms with van der Waals surface area (Å²) in [6, 6.07) is 4.53. The molecule has 3 N–H and O–H groups in total. The van der Waals surface area contributed by atoms with E-state index < -0.39 is 11.4 Å². The molecule has 0 spiro atoms. The molecule has 2 atom stereocenters. The van der Waals surface area contributed by atoms with Crippen LogP contribution in [0.4, 0.5) is 4.39 Å². The van der Waals surface area contributed by atoms with Gasteiger partial charge in [0, 0.05) is 5.92 Å². The van der Waals surface area contributed by atoms with E-state index in [1.54, 1.807) is 19.1 Å². The number of methoxy groups -OCH3 is 1. The molecule has 0 fully saturated rings. The highest BCUT2D eigenvalue weighted by Crippen LogP contribution is 2.38. The predicted octanol–water partition coefficient (Wildman–Crippen LogP) is 2.42. The van der Waals surface area contributed by atoms with Crippen LogP contribution in [0.15, 0.2) is 18.2 Å². The third-order valence-corrected chi connectivity index (χ3v) is 3.42. The minimum atomic E-state index is -1.33. The Morgan fingerprint density at radius 2 is 2.17 bits per heavy atom. The summed E-state index contributed by atoms with van der Waals surface area (Å²) in [5.74, 6) is -0.309. The second kappa shape index (κ2) is 6.16. The Kier molecular flexibility index (Phi) is 5.11. The van der Waals surface area contributed by atoms with Crippen LogP contribution < -0.4 is 10.5 Å². The second-order valence-electron chi connectivity index (χ2n) is 4.69. The number of aliphatic hydroxyl groups is 1. The first-order valence-corrected chi connectivity index (χ1v) is 6.24. The van der Waals surface area contributed by atoms with Gasteiger partial charge in [-0.3, -0.25) is 0 Å². The molecular weight excluding hydrogens is 233 g/mol. The van der Waals surface area contributed by atoms with E-state index in [0.29, 0.717) is 12.3 Å². The third-order valence-electron chi connectivity index (χ3n) is 3.42. The molecule has 0 aromatic heterocycles. The fourth-order valence-electron chi connectivity index (χ4n) is 2.35. The van der Waals surface area contributed by atoms with Crippen molar-refractivity contribution in [3.8, 4) is 5.75 Å². The van der Waals surface area contributed by atoms with E-state index >= 15 is 0 Å². The zero-order chi connectivity index (χ0) is 13.8. The van der Waals surface area contributed by atoms with Gasteiger partial charge in [-0.15, -0.1) is 0 Å². The first-order chi connectivity index (χ1) is 8.48. The summed E-state index contributed by atoms with van der Waals surface area (Å²) in [4.78, 5) is 0. The van der Waals surface area contributed by atoms with Crippen molar-refractivity contribution < 1.29 is 14.2 Å². The van der Waals surface area contributed by atoms with Gasteiger partial charge in [-0.25, -0.2) is 4.39 Å². The van der Waals surface area contributed by atoms with Gasteiger partial charge in [-0.2, -0.15) is 0 Å².